The van der Waals surface area contributed by atoms with E-state index < -0.39 is 0 Å². The summed E-state index contributed by atoms with van der Waals surface area (Å²) in [6.07, 6.45) is 10.0. The van der Waals surface area contributed by atoms with Crippen LogP contribution in [0.4, 0.5) is 0 Å². The molecule has 0 aromatic carbocycles. The molecular weight excluding hydrogens is 276 g/mol. The number of nitrogens with zero attached hydrogens (tertiary/aromatic N) is 1. The summed E-state index contributed by atoms with van der Waals surface area (Å²) in [5.74, 6) is 1.63. The zero-order valence-corrected chi connectivity index (χ0v) is 14.0. The standard InChI is InChI=1S/C18H30N2O2/c1-3-4-15-5-8-17(9-6-15)19-13-16-7-10-18(20-14-16)22-12-11-21-2/h7,10,14-15,17,19H,3-6,8-9,11-13H2,1-2H3. The summed E-state index contributed by atoms with van der Waals surface area (Å²) in [7, 11) is 1.67. The van der Waals surface area contributed by atoms with E-state index in [0.717, 1.165) is 12.5 Å². The molecule has 0 saturated heterocycles. The zero-order chi connectivity index (χ0) is 15.6. The molecule has 4 heteroatoms. The Morgan fingerprint density at radius 1 is 1.18 bits per heavy atom. The Labute approximate surface area is 134 Å². The Hall–Kier alpha value is -1.13. The van der Waals surface area contributed by atoms with E-state index in [1.165, 1.54) is 44.1 Å². The second-order valence-electron chi connectivity index (χ2n) is 6.23. The van der Waals surface area contributed by atoms with Crippen molar-refractivity contribution in [1.29, 1.82) is 0 Å². The predicted octanol–water partition coefficient (Wildman–Crippen LogP) is 3.56. The molecule has 4 nitrogen and oxygen atoms in total. The van der Waals surface area contributed by atoms with Gasteiger partial charge in [0.1, 0.15) is 6.61 Å². The fraction of sp³-hybridized carbons (Fsp3) is 0.722. The van der Waals surface area contributed by atoms with Crippen LogP contribution in [0.3, 0.4) is 0 Å². The van der Waals surface area contributed by atoms with Crippen molar-refractivity contribution in [3.8, 4) is 5.88 Å². The van der Waals surface area contributed by atoms with Crippen LogP contribution in [0.5, 0.6) is 5.88 Å². The van der Waals surface area contributed by atoms with Crippen molar-refractivity contribution in [2.75, 3.05) is 20.3 Å². The third kappa shape index (κ3) is 5.93. The molecule has 0 unspecified atom stereocenters. The third-order valence-corrected chi connectivity index (χ3v) is 4.47. The zero-order valence-electron chi connectivity index (χ0n) is 14.0. The van der Waals surface area contributed by atoms with Crippen molar-refractivity contribution in [3.63, 3.8) is 0 Å². The maximum absolute atomic E-state index is 5.47. The molecule has 1 aromatic heterocycles. The van der Waals surface area contributed by atoms with Crippen LogP contribution in [0.1, 0.15) is 51.0 Å². The maximum Gasteiger partial charge on any atom is 0.213 e. The van der Waals surface area contributed by atoms with Gasteiger partial charge in [0.25, 0.3) is 0 Å². The van der Waals surface area contributed by atoms with Gasteiger partial charge in [-0.3, -0.25) is 0 Å². The molecule has 0 bridgehead atoms. The van der Waals surface area contributed by atoms with Crippen LogP contribution in [0.25, 0.3) is 0 Å². The first kappa shape index (κ1) is 17.2. The van der Waals surface area contributed by atoms with Gasteiger partial charge in [-0.15, -0.1) is 0 Å². The van der Waals surface area contributed by atoms with E-state index in [0.29, 0.717) is 25.1 Å². The molecular formula is C18H30N2O2. The van der Waals surface area contributed by atoms with Crippen LogP contribution in [-0.2, 0) is 11.3 Å². The normalized spacial score (nSPS) is 21.7. The Bertz CT molecular complexity index is 400. The first-order chi connectivity index (χ1) is 10.8. The lowest BCUT2D eigenvalue weighted by Gasteiger charge is -2.29. The van der Waals surface area contributed by atoms with Crippen molar-refractivity contribution in [2.24, 2.45) is 5.92 Å². The van der Waals surface area contributed by atoms with Crippen LogP contribution < -0.4 is 10.1 Å². The topological polar surface area (TPSA) is 43.4 Å². The fourth-order valence-electron chi connectivity index (χ4n) is 3.16. The maximum atomic E-state index is 5.47. The molecule has 1 aromatic rings. The van der Waals surface area contributed by atoms with Crippen molar-refractivity contribution < 1.29 is 9.47 Å². The van der Waals surface area contributed by atoms with Gasteiger partial charge in [0, 0.05) is 32.0 Å². The van der Waals surface area contributed by atoms with Crippen LogP contribution in [0.15, 0.2) is 18.3 Å². The number of ether oxygens (including phenoxy) is 2. The number of pyridine rings is 1. The van der Waals surface area contributed by atoms with Gasteiger partial charge in [0.2, 0.25) is 5.88 Å². The van der Waals surface area contributed by atoms with Gasteiger partial charge in [-0.05, 0) is 37.2 Å². The minimum atomic E-state index is 0.544. The molecule has 1 aliphatic rings. The van der Waals surface area contributed by atoms with Crippen LogP contribution in [0.2, 0.25) is 0 Å². The van der Waals surface area contributed by atoms with Crippen molar-refractivity contribution >= 4 is 0 Å². The number of methoxy groups -OCH3 is 1. The predicted molar refractivity (Wildman–Crippen MR) is 89.1 cm³/mol. The number of hydrogen-bond acceptors (Lipinski definition) is 4. The van der Waals surface area contributed by atoms with Gasteiger partial charge >= 0.3 is 0 Å². The molecule has 22 heavy (non-hydrogen) atoms. The van der Waals surface area contributed by atoms with Gasteiger partial charge in [0.05, 0.1) is 6.61 Å². The van der Waals surface area contributed by atoms with Gasteiger partial charge in [-0.25, -0.2) is 4.98 Å². The van der Waals surface area contributed by atoms with E-state index in [9.17, 15) is 0 Å². The highest BCUT2D eigenvalue weighted by atomic mass is 16.5. The van der Waals surface area contributed by atoms with Crippen molar-refractivity contribution in [1.82, 2.24) is 10.3 Å². The second kappa shape index (κ2) is 9.80. The Morgan fingerprint density at radius 3 is 2.64 bits per heavy atom. The Kier molecular flexibility index (Phi) is 7.67. The average molecular weight is 306 g/mol. The molecule has 0 amide bonds. The van der Waals surface area contributed by atoms with Gasteiger partial charge in [-0.2, -0.15) is 0 Å². The summed E-state index contributed by atoms with van der Waals surface area (Å²) in [5.41, 5.74) is 1.22. The monoisotopic (exact) mass is 306 g/mol. The van der Waals surface area contributed by atoms with Gasteiger partial charge < -0.3 is 14.8 Å². The minimum absolute atomic E-state index is 0.544. The van der Waals surface area contributed by atoms with E-state index >= 15 is 0 Å². The van der Waals surface area contributed by atoms with Gasteiger partial charge in [-0.1, -0.05) is 25.8 Å². The molecule has 1 N–H and O–H groups in total. The van der Waals surface area contributed by atoms with Crippen molar-refractivity contribution in [2.45, 2.75) is 58.0 Å². The van der Waals surface area contributed by atoms with E-state index in [1.807, 2.05) is 12.3 Å². The molecule has 0 spiro atoms. The largest absolute Gasteiger partial charge is 0.475 e. The van der Waals surface area contributed by atoms with Gasteiger partial charge in [0.15, 0.2) is 0 Å². The molecule has 2 rings (SSSR count). The molecule has 1 fully saturated rings. The summed E-state index contributed by atoms with van der Waals surface area (Å²) in [4.78, 5) is 4.33. The minimum Gasteiger partial charge on any atom is -0.475 e. The molecule has 0 radical (unpaired) electrons. The molecule has 1 aliphatic carbocycles. The second-order valence-corrected chi connectivity index (χ2v) is 6.23. The molecule has 124 valence electrons. The summed E-state index contributed by atoms with van der Waals surface area (Å²) >= 11 is 0. The van der Waals surface area contributed by atoms with E-state index in [1.54, 1.807) is 7.11 Å². The first-order valence-electron chi connectivity index (χ1n) is 8.62. The summed E-state index contributed by atoms with van der Waals surface area (Å²) < 4.78 is 10.4. The lowest BCUT2D eigenvalue weighted by Crippen LogP contribution is -2.32. The van der Waals surface area contributed by atoms with E-state index in [-0.39, 0.29) is 0 Å². The summed E-state index contributed by atoms with van der Waals surface area (Å²) in [6.45, 7) is 4.32. The van der Waals surface area contributed by atoms with Crippen molar-refractivity contribution in [3.05, 3.63) is 23.9 Å². The SMILES string of the molecule is CCCC1CCC(NCc2ccc(OCCOC)nc2)CC1. The molecule has 0 aliphatic heterocycles. The van der Waals surface area contributed by atoms with Crippen LogP contribution >= 0.6 is 0 Å². The Morgan fingerprint density at radius 2 is 2.00 bits per heavy atom. The highest BCUT2D eigenvalue weighted by molar-refractivity contribution is 5.17. The van der Waals surface area contributed by atoms with Crippen LogP contribution in [-0.4, -0.2) is 31.3 Å². The first-order valence-corrected chi connectivity index (χ1v) is 8.62. The summed E-state index contributed by atoms with van der Waals surface area (Å²) in [5, 5.41) is 3.67. The molecule has 1 saturated carbocycles. The fourth-order valence-corrected chi connectivity index (χ4v) is 3.16. The Balaban J connectivity index is 1.66. The highest BCUT2D eigenvalue weighted by Crippen LogP contribution is 2.27. The third-order valence-electron chi connectivity index (χ3n) is 4.47. The number of rotatable bonds is 9. The highest BCUT2D eigenvalue weighted by Gasteiger charge is 2.19. The lowest BCUT2D eigenvalue weighted by molar-refractivity contribution is 0.143. The smallest absolute Gasteiger partial charge is 0.213 e. The van der Waals surface area contributed by atoms with E-state index in [2.05, 4.69) is 23.3 Å². The molecule has 1 heterocycles. The number of nitrogens with one attached hydrogen (secondary N) is 1. The van der Waals surface area contributed by atoms with Crippen LogP contribution in [0, 0.1) is 5.92 Å². The number of aromatic nitrogens is 1. The lowest BCUT2D eigenvalue weighted by atomic mass is 9.83. The number of hydrogen-bond donors (Lipinski definition) is 1. The quantitative estimate of drug-likeness (QED) is 0.709. The summed E-state index contributed by atoms with van der Waals surface area (Å²) in [6, 6.07) is 4.70. The molecule has 0 atom stereocenters. The van der Waals surface area contributed by atoms with E-state index in [4.69, 9.17) is 9.47 Å². The average Bonchev–Trinajstić information content (AvgIpc) is 2.56.